The zero-order valence-electron chi connectivity index (χ0n) is 12.1. The summed E-state index contributed by atoms with van der Waals surface area (Å²) in [5.74, 6) is 0. The molecule has 0 amide bonds. The summed E-state index contributed by atoms with van der Waals surface area (Å²) in [5.41, 5.74) is 3.40. The van der Waals surface area contributed by atoms with E-state index in [4.69, 9.17) is 0 Å². The molecule has 0 heterocycles. The molecule has 0 spiro atoms. The van der Waals surface area contributed by atoms with E-state index in [1.165, 1.54) is 49.8 Å². The highest BCUT2D eigenvalue weighted by molar-refractivity contribution is 5.51. The third-order valence-electron chi connectivity index (χ3n) is 4.24. The molecule has 0 radical (unpaired) electrons. The van der Waals surface area contributed by atoms with Crippen LogP contribution in [0.4, 0.5) is 5.69 Å². The van der Waals surface area contributed by atoms with E-state index in [0.717, 1.165) is 0 Å². The van der Waals surface area contributed by atoms with Crippen LogP contribution < -0.4 is 5.32 Å². The van der Waals surface area contributed by atoms with Crippen molar-refractivity contribution in [2.45, 2.75) is 65.3 Å². The quantitative estimate of drug-likeness (QED) is 0.785. The molecular formula is C17H27N. The van der Waals surface area contributed by atoms with Gasteiger partial charge in [0.1, 0.15) is 0 Å². The Balaban J connectivity index is 1.97. The summed E-state index contributed by atoms with van der Waals surface area (Å²) >= 11 is 0. The summed E-state index contributed by atoms with van der Waals surface area (Å²) in [4.78, 5) is 0. The van der Waals surface area contributed by atoms with E-state index in [0.29, 0.717) is 11.5 Å². The molecule has 0 unspecified atom stereocenters. The second-order valence-corrected chi connectivity index (χ2v) is 6.49. The zero-order valence-corrected chi connectivity index (χ0v) is 12.1. The molecule has 1 N–H and O–H groups in total. The molecular weight excluding hydrogens is 218 g/mol. The second-order valence-electron chi connectivity index (χ2n) is 6.49. The molecule has 1 aromatic rings. The molecule has 1 nitrogen and oxygen atoms in total. The van der Waals surface area contributed by atoms with Crippen molar-refractivity contribution >= 4 is 5.69 Å². The Morgan fingerprint density at radius 3 is 2.50 bits per heavy atom. The smallest absolute Gasteiger partial charge is 0.0374 e. The molecule has 1 saturated carbocycles. The third kappa shape index (κ3) is 3.51. The molecule has 0 saturated heterocycles. The average Bonchev–Trinajstić information content (AvgIpc) is 2.35. The van der Waals surface area contributed by atoms with Crippen molar-refractivity contribution in [3.63, 3.8) is 0 Å². The topological polar surface area (TPSA) is 12.0 Å². The number of rotatable bonds is 4. The van der Waals surface area contributed by atoms with Crippen LogP contribution in [0.2, 0.25) is 0 Å². The van der Waals surface area contributed by atoms with Crippen molar-refractivity contribution in [3.05, 3.63) is 29.8 Å². The van der Waals surface area contributed by atoms with Gasteiger partial charge in [-0.15, -0.1) is 0 Å². The Bertz CT molecular complexity index is 371. The lowest BCUT2D eigenvalue weighted by Crippen LogP contribution is -2.30. The molecule has 18 heavy (non-hydrogen) atoms. The first-order valence-electron chi connectivity index (χ1n) is 7.45. The van der Waals surface area contributed by atoms with Crippen LogP contribution in [0.15, 0.2) is 24.3 Å². The minimum absolute atomic E-state index is 0.557. The fourth-order valence-corrected chi connectivity index (χ4v) is 2.91. The number of anilines is 1. The molecule has 1 aliphatic rings. The molecule has 0 aromatic heterocycles. The van der Waals surface area contributed by atoms with E-state index in [1.807, 2.05) is 0 Å². The van der Waals surface area contributed by atoms with E-state index in [1.54, 1.807) is 0 Å². The number of hydrogen-bond donors (Lipinski definition) is 1. The van der Waals surface area contributed by atoms with Crippen LogP contribution in [0, 0.1) is 5.41 Å². The molecule has 0 bridgehead atoms. The first-order chi connectivity index (χ1) is 8.61. The van der Waals surface area contributed by atoms with Crippen LogP contribution in [0.3, 0.4) is 0 Å². The number of nitrogens with one attached hydrogen (secondary N) is 1. The maximum atomic E-state index is 3.77. The van der Waals surface area contributed by atoms with Crippen LogP contribution in [-0.2, 0) is 6.42 Å². The van der Waals surface area contributed by atoms with Gasteiger partial charge in [0.05, 0.1) is 0 Å². The minimum Gasteiger partial charge on any atom is -0.382 e. The van der Waals surface area contributed by atoms with Crippen molar-refractivity contribution in [1.29, 1.82) is 0 Å². The van der Waals surface area contributed by atoms with Crippen LogP contribution in [0.25, 0.3) is 0 Å². The first kappa shape index (κ1) is 13.5. The SMILES string of the molecule is CCCc1ccccc1NC1CCC(C)(C)CC1. The normalized spacial score (nSPS) is 19.7. The van der Waals surface area contributed by atoms with Crippen molar-refractivity contribution in [1.82, 2.24) is 0 Å². The maximum Gasteiger partial charge on any atom is 0.0374 e. The monoisotopic (exact) mass is 245 g/mol. The van der Waals surface area contributed by atoms with Gasteiger partial charge >= 0.3 is 0 Å². The fraction of sp³-hybridized carbons (Fsp3) is 0.647. The van der Waals surface area contributed by atoms with Gasteiger partial charge < -0.3 is 5.32 Å². The lowest BCUT2D eigenvalue weighted by Gasteiger charge is -2.35. The third-order valence-corrected chi connectivity index (χ3v) is 4.24. The minimum atomic E-state index is 0.557. The number of hydrogen-bond acceptors (Lipinski definition) is 1. The van der Waals surface area contributed by atoms with Gasteiger partial charge in [0, 0.05) is 11.7 Å². The Morgan fingerprint density at radius 2 is 1.83 bits per heavy atom. The lowest BCUT2D eigenvalue weighted by molar-refractivity contribution is 0.232. The predicted octanol–water partition coefficient (Wildman–Crippen LogP) is 5.02. The van der Waals surface area contributed by atoms with Gasteiger partial charge in [-0.3, -0.25) is 0 Å². The van der Waals surface area contributed by atoms with Crippen LogP contribution in [0.1, 0.15) is 58.4 Å². The van der Waals surface area contributed by atoms with Crippen molar-refractivity contribution in [3.8, 4) is 0 Å². The Labute approximate surface area is 112 Å². The Hall–Kier alpha value is -0.980. The lowest BCUT2D eigenvalue weighted by atomic mass is 9.75. The molecule has 2 rings (SSSR count). The number of aryl methyl sites for hydroxylation is 1. The Kier molecular flexibility index (Phi) is 4.31. The summed E-state index contributed by atoms with van der Waals surface area (Å²) in [6.07, 6.45) is 7.72. The highest BCUT2D eigenvalue weighted by atomic mass is 14.9. The van der Waals surface area contributed by atoms with Gasteiger partial charge in [0.15, 0.2) is 0 Å². The summed E-state index contributed by atoms with van der Waals surface area (Å²) in [7, 11) is 0. The average molecular weight is 245 g/mol. The number of para-hydroxylation sites is 1. The summed E-state index contributed by atoms with van der Waals surface area (Å²) < 4.78 is 0. The van der Waals surface area contributed by atoms with Crippen molar-refractivity contribution < 1.29 is 0 Å². The van der Waals surface area contributed by atoms with E-state index >= 15 is 0 Å². The van der Waals surface area contributed by atoms with Crippen molar-refractivity contribution in [2.24, 2.45) is 5.41 Å². The van der Waals surface area contributed by atoms with Gasteiger partial charge in [-0.2, -0.15) is 0 Å². The highest BCUT2D eigenvalue weighted by Gasteiger charge is 2.26. The molecule has 1 fully saturated rings. The van der Waals surface area contributed by atoms with E-state index in [2.05, 4.69) is 50.4 Å². The van der Waals surface area contributed by atoms with Gasteiger partial charge in [-0.1, -0.05) is 45.4 Å². The molecule has 0 aliphatic heterocycles. The van der Waals surface area contributed by atoms with E-state index < -0.39 is 0 Å². The van der Waals surface area contributed by atoms with Gasteiger partial charge in [0.25, 0.3) is 0 Å². The molecule has 1 aromatic carbocycles. The Morgan fingerprint density at radius 1 is 1.17 bits per heavy atom. The summed E-state index contributed by atoms with van der Waals surface area (Å²) in [5, 5.41) is 3.77. The largest absolute Gasteiger partial charge is 0.382 e. The van der Waals surface area contributed by atoms with Gasteiger partial charge in [-0.25, -0.2) is 0 Å². The fourth-order valence-electron chi connectivity index (χ4n) is 2.91. The second kappa shape index (κ2) is 5.77. The molecule has 100 valence electrons. The number of benzene rings is 1. The van der Waals surface area contributed by atoms with Crippen LogP contribution in [0.5, 0.6) is 0 Å². The molecule has 0 atom stereocenters. The molecule has 1 aliphatic carbocycles. The zero-order chi connectivity index (χ0) is 13.0. The summed E-state index contributed by atoms with van der Waals surface area (Å²) in [6, 6.07) is 9.48. The predicted molar refractivity (Wildman–Crippen MR) is 80.1 cm³/mol. The standard InChI is InChI=1S/C17H27N/c1-4-7-14-8-5-6-9-16(14)18-15-10-12-17(2,3)13-11-15/h5-6,8-9,15,18H,4,7,10-13H2,1-3H3. The van der Waals surface area contributed by atoms with Crippen LogP contribution in [-0.4, -0.2) is 6.04 Å². The van der Waals surface area contributed by atoms with Gasteiger partial charge in [-0.05, 0) is 49.1 Å². The van der Waals surface area contributed by atoms with E-state index in [9.17, 15) is 0 Å². The van der Waals surface area contributed by atoms with Gasteiger partial charge in [0.2, 0.25) is 0 Å². The van der Waals surface area contributed by atoms with Crippen LogP contribution >= 0.6 is 0 Å². The van der Waals surface area contributed by atoms with Crippen molar-refractivity contribution in [2.75, 3.05) is 5.32 Å². The summed E-state index contributed by atoms with van der Waals surface area (Å²) in [6.45, 7) is 7.04. The first-order valence-corrected chi connectivity index (χ1v) is 7.45. The highest BCUT2D eigenvalue weighted by Crippen LogP contribution is 2.36. The molecule has 1 heteroatoms. The van der Waals surface area contributed by atoms with E-state index in [-0.39, 0.29) is 0 Å². The maximum absolute atomic E-state index is 3.77.